The van der Waals surface area contributed by atoms with Gasteiger partial charge in [-0.2, -0.15) is 0 Å². The van der Waals surface area contributed by atoms with E-state index in [2.05, 4.69) is 4.98 Å². The van der Waals surface area contributed by atoms with E-state index in [-0.39, 0.29) is 5.03 Å². The van der Waals surface area contributed by atoms with E-state index in [1.54, 1.807) is 13.8 Å². The lowest BCUT2D eigenvalue weighted by Crippen LogP contribution is -2.15. The van der Waals surface area contributed by atoms with Crippen molar-refractivity contribution < 1.29 is 8.42 Å². The van der Waals surface area contributed by atoms with Gasteiger partial charge in [-0.25, -0.2) is 13.4 Å². The summed E-state index contributed by atoms with van der Waals surface area (Å²) in [5, 5.41) is -0.375. The minimum atomic E-state index is -3.26. The Morgan fingerprint density at radius 1 is 1.38 bits per heavy atom. The van der Waals surface area contributed by atoms with E-state index >= 15 is 0 Å². The number of sulfone groups is 1. The van der Waals surface area contributed by atoms with E-state index in [0.29, 0.717) is 5.69 Å². The zero-order valence-corrected chi connectivity index (χ0v) is 8.38. The minimum Gasteiger partial charge on any atom is -0.397 e. The van der Waals surface area contributed by atoms with Crippen LogP contribution in [0.1, 0.15) is 13.8 Å². The molecule has 0 amide bonds. The highest BCUT2D eigenvalue weighted by molar-refractivity contribution is 7.91. The zero-order chi connectivity index (χ0) is 10.1. The Labute approximate surface area is 77.7 Å². The molecule has 1 aromatic heterocycles. The number of nitrogens with zero attached hydrogens (tertiary/aromatic N) is 1. The first kappa shape index (κ1) is 9.98. The third-order valence-electron chi connectivity index (χ3n) is 1.67. The molecule has 0 aliphatic heterocycles. The maximum absolute atomic E-state index is 11.5. The SMILES string of the molecule is CC(C)S(=O)(=O)c1ccc(N)cn1. The quantitative estimate of drug-likeness (QED) is 0.768. The van der Waals surface area contributed by atoms with Crippen molar-refractivity contribution in [2.24, 2.45) is 0 Å². The molecule has 5 heteroatoms. The predicted molar refractivity (Wildman–Crippen MR) is 51.0 cm³/mol. The van der Waals surface area contributed by atoms with Gasteiger partial charge in [0, 0.05) is 0 Å². The second-order valence-corrected chi connectivity index (χ2v) is 5.47. The molecule has 0 saturated heterocycles. The minimum absolute atomic E-state index is 0.0803. The van der Waals surface area contributed by atoms with Gasteiger partial charge < -0.3 is 5.73 Å². The molecule has 0 atom stereocenters. The zero-order valence-electron chi connectivity index (χ0n) is 7.56. The molecule has 0 aliphatic carbocycles. The number of rotatable bonds is 2. The van der Waals surface area contributed by atoms with Crippen LogP contribution < -0.4 is 5.73 Å². The second-order valence-electron chi connectivity index (χ2n) is 3.02. The summed E-state index contributed by atoms with van der Waals surface area (Å²) in [6, 6.07) is 2.95. The lowest BCUT2D eigenvalue weighted by Gasteiger charge is -2.05. The summed E-state index contributed by atoms with van der Waals surface area (Å²) < 4.78 is 23.1. The molecule has 1 heterocycles. The van der Waals surface area contributed by atoms with Gasteiger partial charge >= 0.3 is 0 Å². The molecule has 1 rings (SSSR count). The van der Waals surface area contributed by atoms with Crippen molar-refractivity contribution in [1.29, 1.82) is 0 Å². The molecule has 0 aromatic carbocycles. The predicted octanol–water partition coefficient (Wildman–Crippen LogP) is 0.846. The monoisotopic (exact) mass is 200 g/mol. The Bertz CT molecular complexity index is 381. The van der Waals surface area contributed by atoms with E-state index < -0.39 is 15.1 Å². The van der Waals surface area contributed by atoms with Crippen molar-refractivity contribution in [3.8, 4) is 0 Å². The summed E-state index contributed by atoms with van der Waals surface area (Å²) in [6.45, 7) is 3.24. The maximum Gasteiger partial charge on any atom is 0.197 e. The first-order valence-electron chi connectivity index (χ1n) is 3.90. The molecule has 0 radical (unpaired) electrons. The van der Waals surface area contributed by atoms with Crippen LogP contribution >= 0.6 is 0 Å². The van der Waals surface area contributed by atoms with E-state index in [4.69, 9.17) is 5.73 Å². The first-order valence-corrected chi connectivity index (χ1v) is 5.44. The van der Waals surface area contributed by atoms with Gasteiger partial charge in [-0.15, -0.1) is 0 Å². The molecular weight excluding hydrogens is 188 g/mol. The van der Waals surface area contributed by atoms with E-state index in [0.717, 1.165) is 0 Å². The summed E-state index contributed by atoms with van der Waals surface area (Å²) in [6.07, 6.45) is 1.34. The van der Waals surface area contributed by atoms with Gasteiger partial charge in [-0.05, 0) is 26.0 Å². The maximum atomic E-state index is 11.5. The molecule has 1 aromatic rings. The van der Waals surface area contributed by atoms with Crippen molar-refractivity contribution >= 4 is 15.5 Å². The molecule has 4 nitrogen and oxygen atoms in total. The third kappa shape index (κ3) is 1.98. The highest BCUT2D eigenvalue weighted by Gasteiger charge is 2.19. The molecule has 2 N–H and O–H groups in total. The Hall–Kier alpha value is -1.10. The van der Waals surface area contributed by atoms with E-state index in [9.17, 15) is 8.42 Å². The fourth-order valence-electron chi connectivity index (χ4n) is 0.802. The average Bonchev–Trinajstić information content (AvgIpc) is 2.04. The van der Waals surface area contributed by atoms with Crippen molar-refractivity contribution in [3.05, 3.63) is 18.3 Å². The van der Waals surface area contributed by atoms with Gasteiger partial charge in [-0.1, -0.05) is 0 Å². The van der Waals surface area contributed by atoms with E-state index in [1.165, 1.54) is 18.3 Å². The Morgan fingerprint density at radius 2 is 2.00 bits per heavy atom. The molecule has 0 unspecified atom stereocenters. The summed E-state index contributed by atoms with van der Waals surface area (Å²) in [5.74, 6) is 0. The van der Waals surface area contributed by atoms with Gasteiger partial charge in [-0.3, -0.25) is 0 Å². The molecule has 13 heavy (non-hydrogen) atoms. The van der Waals surface area contributed by atoms with Crippen LogP contribution in [0.2, 0.25) is 0 Å². The van der Waals surface area contributed by atoms with Gasteiger partial charge in [0.25, 0.3) is 0 Å². The molecule has 0 saturated carbocycles. The molecule has 0 fully saturated rings. The first-order chi connectivity index (χ1) is 5.94. The summed E-state index contributed by atoms with van der Waals surface area (Å²) in [7, 11) is -3.26. The van der Waals surface area contributed by atoms with Crippen LogP contribution in [0.25, 0.3) is 0 Å². The summed E-state index contributed by atoms with van der Waals surface area (Å²) in [4.78, 5) is 3.76. The highest BCUT2D eigenvalue weighted by Crippen LogP contribution is 2.13. The Morgan fingerprint density at radius 3 is 2.38 bits per heavy atom. The van der Waals surface area contributed by atoms with Crippen LogP contribution in [0.3, 0.4) is 0 Å². The standard InChI is InChI=1S/C8H12N2O2S/c1-6(2)13(11,12)8-4-3-7(9)5-10-8/h3-6H,9H2,1-2H3. The van der Waals surface area contributed by atoms with Crippen LogP contribution in [0.4, 0.5) is 5.69 Å². The van der Waals surface area contributed by atoms with Crippen molar-refractivity contribution in [1.82, 2.24) is 4.98 Å². The normalized spacial score (nSPS) is 11.9. The largest absolute Gasteiger partial charge is 0.397 e. The van der Waals surface area contributed by atoms with Crippen LogP contribution in [0, 0.1) is 0 Å². The van der Waals surface area contributed by atoms with Crippen LogP contribution in [-0.4, -0.2) is 18.7 Å². The van der Waals surface area contributed by atoms with Crippen molar-refractivity contribution in [2.45, 2.75) is 24.1 Å². The third-order valence-corrected chi connectivity index (χ3v) is 3.74. The van der Waals surface area contributed by atoms with Gasteiger partial charge in [0.05, 0.1) is 17.1 Å². The Balaban J connectivity index is 3.17. The topological polar surface area (TPSA) is 73.0 Å². The number of aromatic nitrogens is 1. The second kappa shape index (κ2) is 3.33. The number of hydrogen-bond acceptors (Lipinski definition) is 4. The van der Waals surface area contributed by atoms with Gasteiger partial charge in [0.2, 0.25) is 0 Å². The number of anilines is 1. The van der Waals surface area contributed by atoms with E-state index in [1.807, 2.05) is 0 Å². The highest BCUT2D eigenvalue weighted by atomic mass is 32.2. The number of nitrogen functional groups attached to an aromatic ring is 1. The van der Waals surface area contributed by atoms with Crippen molar-refractivity contribution in [2.75, 3.05) is 5.73 Å². The molecular formula is C8H12N2O2S. The average molecular weight is 200 g/mol. The molecule has 0 aliphatic rings. The van der Waals surface area contributed by atoms with Gasteiger partial charge in [0.15, 0.2) is 14.9 Å². The summed E-state index contributed by atoms with van der Waals surface area (Å²) in [5.41, 5.74) is 5.85. The smallest absolute Gasteiger partial charge is 0.197 e. The number of hydrogen-bond donors (Lipinski definition) is 1. The van der Waals surface area contributed by atoms with Crippen LogP contribution in [0.15, 0.2) is 23.4 Å². The van der Waals surface area contributed by atoms with Crippen LogP contribution in [0.5, 0.6) is 0 Å². The molecule has 72 valence electrons. The fraction of sp³-hybridized carbons (Fsp3) is 0.375. The Kier molecular flexibility index (Phi) is 2.56. The lowest BCUT2D eigenvalue weighted by atomic mass is 10.4. The molecule has 0 bridgehead atoms. The number of nitrogens with two attached hydrogens (primary N) is 1. The van der Waals surface area contributed by atoms with Crippen LogP contribution in [-0.2, 0) is 9.84 Å². The fourth-order valence-corrected chi connectivity index (χ4v) is 1.74. The van der Waals surface area contributed by atoms with Crippen molar-refractivity contribution in [3.63, 3.8) is 0 Å². The van der Waals surface area contributed by atoms with Gasteiger partial charge in [0.1, 0.15) is 0 Å². The number of pyridine rings is 1. The molecule has 0 spiro atoms. The lowest BCUT2D eigenvalue weighted by molar-refractivity contribution is 0.583. The summed E-state index contributed by atoms with van der Waals surface area (Å²) >= 11 is 0.